The molecule has 0 aliphatic heterocycles. The van der Waals surface area contributed by atoms with Crippen LogP contribution in [-0.2, 0) is 32.8 Å². The third kappa shape index (κ3) is 8.58. The quantitative estimate of drug-likeness (QED) is 0.363. The number of carbonyl (C=O) groups excluding carboxylic acids is 2. The summed E-state index contributed by atoms with van der Waals surface area (Å²) in [5, 5.41) is 2.84. The SMILES string of the molecule is Cc1ccccc1CN(C(=O)CN(c1ccc(OCc2ccccc2)cc1)S(C)(=O)=O)[C@H](C)C(=O)NC(C)C. The van der Waals surface area contributed by atoms with E-state index in [2.05, 4.69) is 5.32 Å². The minimum atomic E-state index is -3.82. The van der Waals surface area contributed by atoms with E-state index in [-0.39, 0.29) is 18.5 Å². The summed E-state index contributed by atoms with van der Waals surface area (Å²) in [6, 6.07) is 22.9. The fourth-order valence-corrected chi connectivity index (χ4v) is 4.87. The zero-order valence-electron chi connectivity index (χ0n) is 23.1. The van der Waals surface area contributed by atoms with Crippen LogP contribution in [0.4, 0.5) is 5.69 Å². The number of nitrogens with zero attached hydrogens (tertiary/aromatic N) is 2. The van der Waals surface area contributed by atoms with Crippen molar-refractivity contribution in [2.45, 2.75) is 52.9 Å². The van der Waals surface area contributed by atoms with Crippen molar-refractivity contribution in [1.29, 1.82) is 0 Å². The molecular weight excluding hydrogens is 514 g/mol. The Morgan fingerprint density at radius 3 is 2.10 bits per heavy atom. The van der Waals surface area contributed by atoms with E-state index in [1.165, 1.54) is 4.90 Å². The second-order valence-electron chi connectivity index (χ2n) is 9.83. The number of hydrogen-bond acceptors (Lipinski definition) is 5. The van der Waals surface area contributed by atoms with Crippen LogP contribution in [0.3, 0.4) is 0 Å². The van der Waals surface area contributed by atoms with Crippen LogP contribution in [0.5, 0.6) is 5.75 Å². The predicted molar refractivity (Wildman–Crippen MR) is 154 cm³/mol. The number of amides is 2. The Morgan fingerprint density at radius 1 is 0.897 bits per heavy atom. The normalized spacial score (nSPS) is 12.1. The van der Waals surface area contributed by atoms with Gasteiger partial charge in [-0.15, -0.1) is 0 Å². The van der Waals surface area contributed by atoms with E-state index in [4.69, 9.17) is 4.74 Å². The maximum Gasteiger partial charge on any atom is 0.244 e. The number of sulfonamides is 1. The fraction of sp³-hybridized carbons (Fsp3) is 0.333. The molecule has 3 aromatic rings. The number of anilines is 1. The molecule has 0 fully saturated rings. The van der Waals surface area contributed by atoms with Crippen molar-refractivity contribution < 1.29 is 22.7 Å². The Balaban J connectivity index is 1.83. The number of aryl methyl sites for hydroxylation is 1. The monoisotopic (exact) mass is 551 g/mol. The molecule has 39 heavy (non-hydrogen) atoms. The average Bonchev–Trinajstić information content (AvgIpc) is 2.89. The Bertz CT molecular complexity index is 1360. The third-order valence-corrected chi connectivity index (χ3v) is 7.39. The van der Waals surface area contributed by atoms with Gasteiger partial charge in [-0.1, -0.05) is 54.6 Å². The summed E-state index contributed by atoms with van der Waals surface area (Å²) in [6.07, 6.45) is 1.06. The molecule has 0 unspecified atom stereocenters. The maximum absolute atomic E-state index is 13.7. The van der Waals surface area contributed by atoms with Gasteiger partial charge in [-0.2, -0.15) is 0 Å². The first kappa shape index (κ1) is 29.7. The van der Waals surface area contributed by atoms with Gasteiger partial charge in [0.2, 0.25) is 21.8 Å². The second kappa shape index (κ2) is 13.3. The number of rotatable bonds is 12. The zero-order valence-corrected chi connectivity index (χ0v) is 23.9. The van der Waals surface area contributed by atoms with Crippen LogP contribution in [-0.4, -0.2) is 50.0 Å². The molecule has 3 rings (SSSR count). The van der Waals surface area contributed by atoms with Crippen molar-refractivity contribution in [3.05, 3.63) is 95.6 Å². The van der Waals surface area contributed by atoms with E-state index in [1.54, 1.807) is 31.2 Å². The number of carbonyl (C=O) groups is 2. The van der Waals surface area contributed by atoms with Crippen LogP contribution >= 0.6 is 0 Å². The minimum Gasteiger partial charge on any atom is -0.489 e. The van der Waals surface area contributed by atoms with Crippen molar-refractivity contribution in [2.24, 2.45) is 0 Å². The fourth-order valence-electron chi connectivity index (χ4n) is 4.02. The minimum absolute atomic E-state index is 0.106. The first-order chi connectivity index (χ1) is 18.5. The van der Waals surface area contributed by atoms with E-state index in [9.17, 15) is 18.0 Å². The molecule has 0 radical (unpaired) electrons. The molecule has 2 amide bonds. The lowest BCUT2D eigenvalue weighted by Crippen LogP contribution is -2.52. The van der Waals surface area contributed by atoms with Gasteiger partial charge in [0.1, 0.15) is 24.9 Å². The zero-order chi connectivity index (χ0) is 28.6. The molecule has 9 heteroatoms. The molecule has 0 heterocycles. The Kier molecular flexibility index (Phi) is 10.1. The molecule has 0 aliphatic carbocycles. The number of hydrogen-bond donors (Lipinski definition) is 1. The molecule has 0 saturated heterocycles. The Hall–Kier alpha value is -3.85. The average molecular weight is 552 g/mol. The van der Waals surface area contributed by atoms with E-state index >= 15 is 0 Å². The summed E-state index contributed by atoms with van der Waals surface area (Å²) >= 11 is 0. The van der Waals surface area contributed by atoms with Crippen molar-refractivity contribution in [3.63, 3.8) is 0 Å². The van der Waals surface area contributed by atoms with Crippen LogP contribution in [0.25, 0.3) is 0 Å². The summed E-state index contributed by atoms with van der Waals surface area (Å²) in [5.41, 5.74) is 3.18. The lowest BCUT2D eigenvalue weighted by atomic mass is 10.1. The van der Waals surface area contributed by atoms with E-state index in [1.807, 2.05) is 75.4 Å². The molecule has 0 saturated carbocycles. The van der Waals surface area contributed by atoms with Crippen molar-refractivity contribution in [2.75, 3.05) is 17.1 Å². The van der Waals surface area contributed by atoms with Gasteiger partial charge in [0, 0.05) is 12.6 Å². The molecule has 0 aliphatic rings. The second-order valence-corrected chi connectivity index (χ2v) is 11.7. The number of benzene rings is 3. The third-order valence-electron chi connectivity index (χ3n) is 6.25. The molecule has 1 atom stereocenters. The van der Waals surface area contributed by atoms with Gasteiger partial charge in [-0.05, 0) is 68.7 Å². The molecule has 0 bridgehead atoms. The van der Waals surface area contributed by atoms with Crippen molar-refractivity contribution in [3.8, 4) is 5.75 Å². The van der Waals surface area contributed by atoms with Gasteiger partial charge in [0.15, 0.2) is 0 Å². The lowest BCUT2D eigenvalue weighted by Gasteiger charge is -2.32. The first-order valence-electron chi connectivity index (χ1n) is 12.8. The summed E-state index contributed by atoms with van der Waals surface area (Å²) < 4.78 is 32.4. The summed E-state index contributed by atoms with van der Waals surface area (Å²) in [7, 11) is -3.82. The van der Waals surface area contributed by atoms with E-state index < -0.39 is 28.5 Å². The van der Waals surface area contributed by atoms with E-state index in [0.717, 1.165) is 27.3 Å². The molecule has 0 aromatic heterocycles. The highest BCUT2D eigenvalue weighted by Crippen LogP contribution is 2.23. The predicted octanol–water partition coefficient (Wildman–Crippen LogP) is 4.28. The smallest absolute Gasteiger partial charge is 0.244 e. The van der Waals surface area contributed by atoms with Crippen LogP contribution < -0.4 is 14.4 Å². The van der Waals surface area contributed by atoms with Crippen LogP contribution in [0, 0.1) is 6.92 Å². The van der Waals surface area contributed by atoms with Gasteiger partial charge in [-0.3, -0.25) is 13.9 Å². The van der Waals surface area contributed by atoms with Crippen LogP contribution in [0.15, 0.2) is 78.9 Å². The summed E-state index contributed by atoms with van der Waals surface area (Å²) in [5.74, 6) is -0.222. The van der Waals surface area contributed by atoms with Gasteiger partial charge in [-0.25, -0.2) is 8.42 Å². The summed E-state index contributed by atoms with van der Waals surface area (Å²) in [4.78, 5) is 28.0. The molecule has 3 aromatic carbocycles. The molecule has 0 spiro atoms. The molecular formula is C30H37N3O5S. The Morgan fingerprint density at radius 2 is 1.51 bits per heavy atom. The van der Waals surface area contributed by atoms with Crippen LogP contribution in [0.1, 0.15) is 37.5 Å². The van der Waals surface area contributed by atoms with Crippen molar-refractivity contribution in [1.82, 2.24) is 10.2 Å². The molecule has 208 valence electrons. The maximum atomic E-state index is 13.7. The standard InChI is InChI=1S/C30H37N3O5S/c1-22(2)31-30(35)24(4)32(19-26-14-10-9-11-23(26)3)29(34)20-33(39(5,36)37)27-15-17-28(18-16-27)38-21-25-12-7-6-8-13-25/h6-18,22,24H,19-21H2,1-5H3,(H,31,35)/t24-/m1/s1. The highest BCUT2D eigenvalue weighted by Gasteiger charge is 2.30. The number of nitrogens with one attached hydrogen (secondary N) is 1. The van der Waals surface area contributed by atoms with Crippen LogP contribution in [0.2, 0.25) is 0 Å². The first-order valence-corrected chi connectivity index (χ1v) is 14.7. The molecule has 8 nitrogen and oxygen atoms in total. The van der Waals surface area contributed by atoms with Crippen molar-refractivity contribution >= 4 is 27.5 Å². The number of ether oxygens (including phenoxy) is 1. The lowest BCUT2D eigenvalue weighted by molar-refractivity contribution is -0.139. The van der Waals surface area contributed by atoms with Gasteiger partial charge < -0.3 is 15.0 Å². The molecule has 1 N–H and O–H groups in total. The highest BCUT2D eigenvalue weighted by molar-refractivity contribution is 7.92. The highest BCUT2D eigenvalue weighted by atomic mass is 32.2. The Labute approximate surface area is 231 Å². The summed E-state index contributed by atoms with van der Waals surface area (Å²) in [6.45, 7) is 7.36. The van der Waals surface area contributed by atoms with Gasteiger partial charge >= 0.3 is 0 Å². The van der Waals surface area contributed by atoms with Gasteiger partial charge in [0.25, 0.3) is 0 Å². The largest absolute Gasteiger partial charge is 0.489 e. The topological polar surface area (TPSA) is 96.0 Å². The van der Waals surface area contributed by atoms with E-state index in [0.29, 0.717) is 18.0 Å². The van der Waals surface area contributed by atoms with Gasteiger partial charge in [0.05, 0.1) is 11.9 Å².